The zero-order valence-electron chi connectivity index (χ0n) is 25.6. The number of halogens is 1. The number of anilines is 1. The van der Waals surface area contributed by atoms with Gasteiger partial charge in [-0.3, -0.25) is 13.9 Å². The molecule has 0 radical (unpaired) electrons. The molecule has 9 nitrogen and oxygen atoms in total. The Balaban J connectivity index is 1.85. The summed E-state index contributed by atoms with van der Waals surface area (Å²) >= 11 is 3.48. The minimum Gasteiger partial charge on any atom is -0.497 e. The van der Waals surface area contributed by atoms with E-state index in [0.29, 0.717) is 5.75 Å². The Hall–Kier alpha value is -4.35. The predicted octanol–water partition coefficient (Wildman–Crippen LogP) is 5.36. The molecule has 45 heavy (non-hydrogen) atoms. The van der Waals surface area contributed by atoms with Gasteiger partial charge in [0.25, 0.3) is 10.0 Å². The molecule has 0 aromatic heterocycles. The van der Waals surface area contributed by atoms with E-state index in [9.17, 15) is 18.0 Å². The highest BCUT2D eigenvalue weighted by atomic mass is 79.9. The molecule has 2 amide bonds. The summed E-state index contributed by atoms with van der Waals surface area (Å²) in [4.78, 5) is 29.4. The molecule has 0 saturated heterocycles. The summed E-state index contributed by atoms with van der Waals surface area (Å²) in [6.07, 6.45) is 0.216. The number of nitrogens with zero attached hydrogens (tertiary/aromatic N) is 2. The molecular weight excluding hydrogens is 658 g/mol. The van der Waals surface area contributed by atoms with E-state index >= 15 is 0 Å². The number of aryl methyl sites for hydroxylation is 1. The summed E-state index contributed by atoms with van der Waals surface area (Å²) in [5.74, 6) is -0.361. The van der Waals surface area contributed by atoms with Crippen LogP contribution in [0.15, 0.2) is 106 Å². The SMILES string of the molecule is CNC(=O)[C@@H](Cc1ccccc1)N(Cc1cccc(Br)c1)C(=O)CN(c1cc(OC)ccc1OC)S(=O)(=O)c1ccc(C)cc1. The average molecular weight is 695 g/mol. The van der Waals surface area contributed by atoms with Crippen molar-refractivity contribution in [2.75, 3.05) is 32.1 Å². The molecule has 4 rings (SSSR count). The second-order valence-electron chi connectivity index (χ2n) is 10.3. The van der Waals surface area contributed by atoms with E-state index in [0.717, 1.165) is 25.5 Å². The van der Waals surface area contributed by atoms with E-state index in [1.165, 1.54) is 44.4 Å². The van der Waals surface area contributed by atoms with Crippen LogP contribution in [-0.4, -0.2) is 59.0 Å². The summed E-state index contributed by atoms with van der Waals surface area (Å²) in [5, 5.41) is 2.69. The molecule has 1 N–H and O–H groups in total. The number of rotatable bonds is 13. The molecule has 236 valence electrons. The van der Waals surface area contributed by atoms with Crippen LogP contribution >= 0.6 is 15.9 Å². The van der Waals surface area contributed by atoms with E-state index in [4.69, 9.17) is 9.47 Å². The maximum atomic E-state index is 14.5. The van der Waals surface area contributed by atoms with Crippen LogP contribution in [-0.2, 0) is 32.6 Å². The molecule has 0 aliphatic heterocycles. The van der Waals surface area contributed by atoms with Crippen molar-refractivity contribution in [2.24, 2.45) is 0 Å². The largest absolute Gasteiger partial charge is 0.497 e. The van der Waals surface area contributed by atoms with E-state index in [1.807, 2.05) is 61.5 Å². The fourth-order valence-electron chi connectivity index (χ4n) is 4.90. The van der Waals surface area contributed by atoms with Crippen molar-refractivity contribution in [3.05, 3.63) is 118 Å². The normalized spacial score (nSPS) is 11.8. The molecule has 0 aliphatic rings. The van der Waals surface area contributed by atoms with Crippen LogP contribution in [0, 0.1) is 6.92 Å². The highest BCUT2D eigenvalue weighted by Crippen LogP contribution is 2.36. The second kappa shape index (κ2) is 15.1. The van der Waals surface area contributed by atoms with Crippen molar-refractivity contribution in [1.82, 2.24) is 10.2 Å². The number of methoxy groups -OCH3 is 2. The lowest BCUT2D eigenvalue weighted by atomic mass is 10.0. The summed E-state index contributed by atoms with van der Waals surface area (Å²) < 4.78 is 41.4. The van der Waals surface area contributed by atoms with E-state index < -0.39 is 28.5 Å². The van der Waals surface area contributed by atoms with Gasteiger partial charge in [0, 0.05) is 30.6 Å². The number of benzene rings is 4. The molecule has 4 aromatic carbocycles. The Bertz CT molecular complexity index is 1730. The van der Waals surface area contributed by atoms with Crippen LogP contribution in [0.5, 0.6) is 11.5 Å². The monoisotopic (exact) mass is 693 g/mol. The number of carbonyl (C=O) groups excluding carboxylic acids is 2. The van der Waals surface area contributed by atoms with Gasteiger partial charge in [0.2, 0.25) is 11.8 Å². The molecule has 11 heteroatoms. The summed E-state index contributed by atoms with van der Waals surface area (Å²) in [7, 11) is 0.0931. The number of sulfonamides is 1. The van der Waals surface area contributed by atoms with Gasteiger partial charge in [0.15, 0.2) is 0 Å². The van der Waals surface area contributed by atoms with Crippen LogP contribution in [0.25, 0.3) is 0 Å². The van der Waals surface area contributed by atoms with Crippen LogP contribution in [0.2, 0.25) is 0 Å². The Morgan fingerprint density at radius 1 is 0.867 bits per heavy atom. The third-order valence-corrected chi connectivity index (χ3v) is 9.57. The van der Waals surface area contributed by atoms with Crippen molar-refractivity contribution in [1.29, 1.82) is 0 Å². The quantitative estimate of drug-likeness (QED) is 0.202. The van der Waals surface area contributed by atoms with Gasteiger partial charge in [0.1, 0.15) is 24.1 Å². The fourth-order valence-corrected chi connectivity index (χ4v) is 6.76. The Morgan fingerprint density at radius 2 is 1.56 bits per heavy atom. The molecule has 0 bridgehead atoms. The minimum absolute atomic E-state index is 0.00329. The predicted molar refractivity (Wildman–Crippen MR) is 178 cm³/mol. The highest BCUT2D eigenvalue weighted by molar-refractivity contribution is 9.10. The van der Waals surface area contributed by atoms with E-state index in [2.05, 4.69) is 21.2 Å². The van der Waals surface area contributed by atoms with Crippen molar-refractivity contribution >= 4 is 43.5 Å². The van der Waals surface area contributed by atoms with E-state index in [1.54, 1.807) is 24.3 Å². The second-order valence-corrected chi connectivity index (χ2v) is 13.1. The van der Waals surface area contributed by atoms with Gasteiger partial charge in [0.05, 0.1) is 24.8 Å². The Kier molecular flexibility index (Phi) is 11.2. The molecule has 1 atom stereocenters. The van der Waals surface area contributed by atoms with Crippen molar-refractivity contribution in [3.63, 3.8) is 0 Å². The third kappa shape index (κ3) is 8.23. The molecule has 0 fully saturated rings. The van der Waals surface area contributed by atoms with Crippen LogP contribution < -0.4 is 19.1 Å². The number of nitrogens with one attached hydrogen (secondary N) is 1. The standard InChI is InChI=1S/C34H36BrN3O6S/c1-24-13-16-29(17-14-24)45(41,42)38(30-21-28(43-3)15-18-32(30)44-4)23-33(39)37(22-26-11-8-12-27(35)19-26)31(34(40)36-2)20-25-9-6-5-7-10-25/h5-19,21,31H,20,22-23H2,1-4H3,(H,36,40)/t31-/m1/s1. The summed E-state index contributed by atoms with van der Waals surface area (Å²) in [6.45, 7) is 1.29. The van der Waals surface area contributed by atoms with Crippen LogP contribution in [0.3, 0.4) is 0 Å². The van der Waals surface area contributed by atoms with Gasteiger partial charge in [-0.25, -0.2) is 8.42 Å². The lowest BCUT2D eigenvalue weighted by Gasteiger charge is -2.34. The highest BCUT2D eigenvalue weighted by Gasteiger charge is 2.35. The minimum atomic E-state index is -4.30. The Labute approximate surface area is 273 Å². The molecular formula is C34H36BrN3O6S. The first kappa shape index (κ1) is 33.5. The van der Waals surface area contributed by atoms with Crippen molar-refractivity contribution < 1.29 is 27.5 Å². The summed E-state index contributed by atoms with van der Waals surface area (Å²) in [5.41, 5.74) is 2.60. The topological polar surface area (TPSA) is 105 Å². The van der Waals surface area contributed by atoms with Gasteiger partial charge >= 0.3 is 0 Å². The third-order valence-electron chi connectivity index (χ3n) is 7.30. The van der Waals surface area contributed by atoms with Gasteiger partial charge < -0.3 is 19.7 Å². The maximum absolute atomic E-state index is 14.5. The zero-order valence-corrected chi connectivity index (χ0v) is 28.0. The first-order valence-electron chi connectivity index (χ1n) is 14.2. The number of likely N-dealkylation sites (N-methyl/N-ethyl adjacent to an activating group) is 1. The average Bonchev–Trinajstić information content (AvgIpc) is 3.05. The van der Waals surface area contributed by atoms with E-state index in [-0.39, 0.29) is 35.2 Å². The molecule has 0 unspecified atom stereocenters. The summed E-state index contributed by atoms with van der Waals surface area (Å²) in [6, 6.07) is 26.9. The van der Waals surface area contributed by atoms with Crippen LogP contribution in [0.1, 0.15) is 16.7 Å². The lowest BCUT2D eigenvalue weighted by Crippen LogP contribution is -2.53. The van der Waals surface area contributed by atoms with Crippen molar-refractivity contribution in [2.45, 2.75) is 30.8 Å². The number of amides is 2. The van der Waals surface area contributed by atoms with Gasteiger partial charge in [-0.2, -0.15) is 0 Å². The molecule has 4 aromatic rings. The maximum Gasteiger partial charge on any atom is 0.264 e. The number of carbonyl (C=O) groups is 2. The van der Waals surface area contributed by atoms with Crippen LogP contribution in [0.4, 0.5) is 5.69 Å². The van der Waals surface area contributed by atoms with Gasteiger partial charge in [-0.15, -0.1) is 0 Å². The molecule has 0 aliphatic carbocycles. The molecule has 0 saturated carbocycles. The zero-order chi connectivity index (χ0) is 32.6. The van der Waals surface area contributed by atoms with Gasteiger partial charge in [-0.05, 0) is 54.4 Å². The van der Waals surface area contributed by atoms with Gasteiger partial charge in [-0.1, -0.05) is 76.1 Å². The first-order chi connectivity index (χ1) is 21.6. The lowest BCUT2D eigenvalue weighted by molar-refractivity contribution is -0.139. The Morgan fingerprint density at radius 3 is 2.18 bits per heavy atom. The number of hydrogen-bond donors (Lipinski definition) is 1. The fraction of sp³-hybridized carbons (Fsp3) is 0.235. The first-order valence-corrected chi connectivity index (χ1v) is 16.4. The smallest absolute Gasteiger partial charge is 0.264 e. The number of ether oxygens (including phenoxy) is 2. The van der Waals surface area contributed by atoms with Crippen molar-refractivity contribution in [3.8, 4) is 11.5 Å². The molecule has 0 spiro atoms. The molecule has 0 heterocycles. The number of hydrogen-bond acceptors (Lipinski definition) is 6.